The van der Waals surface area contributed by atoms with Crippen LogP contribution in [0.25, 0.3) is 0 Å². The minimum Gasteiger partial charge on any atom is -0.457 e. The molecule has 2 saturated heterocycles. The summed E-state index contributed by atoms with van der Waals surface area (Å²) in [4.78, 5) is 27.0. The summed E-state index contributed by atoms with van der Waals surface area (Å²) in [5.41, 5.74) is -0.755. The van der Waals surface area contributed by atoms with Crippen LogP contribution in [0.5, 0.6) is 11.5 Å². The highest BCUT2D eigenvalue weighted by atomic mass is 19.4. The summed E-state index contributed by atoms with van der Waals surface area (Å²) >= 11 is 0. The Morgan fingerprint density at radius 3 is 2.16 bits per heavy atom. The second kappa shape index (κ2) is 14.6. The summed E-state index contributed by atoms with van der Waals surface area (Å²) in [6.45, 7) is 3.60. The maximum absolute atomic E-state index is 13.3. The molecule has 1 amide bonds. The van der Waals surface area contributed by atoms with Crippen molar-refractivity contribution in [3.63, 3.8) is 0 Å². The molecule has 1 N–H and O–H groups in total. The summed E-state index contributed by atoms with van der Waals surface area (Å²) in [6, 6.07) is 20.8. The van der Waals surface area contributed by atoms with Crippen LogP contribution in [0.2, 0.25) is 0 Å². The van der Waals surface area contributed by atoms with Crippen LogP contribution >= 0.6 is 0 Å². The van der Waals surface area contributed by atoms with Gasteiger partial charge in [0.25, 0.3) is 5.69 Å². The van der Waals surface area contributed by atoms with E-state index in [-0.39, 0.29) is 25.1 Å². The highest BCUT2D eigenvalue weighted by Crippen LogP contribution is 2.38. The molecule has 3 aromatic carbocycles. The van der Waals surface area contributed by atoms with E-state index >= 15 is 0 Å². The molecule has 5 rings (SSSR count). The number of benzene rings is 3. The number of nitrogens with zero attached hydrogens (tertiary/aromatic N) is 3. The Hall–Kier alpha value is -4.12. The number of nitrogens with one attached hydrogen (secondary N) is 1. The molecule has 2 aliphatic rings. The lowest BCUT2D eigenvalue weighted by Gasteiger charge is -2.35. The van der Waals surface area contributed by atoms with E-state index in [9.17, 15) is 28.1 Å². The number of likely N-dealkylation sites (tertiary alicyclic amines) is 2. The number of anilines is 1. The van der Waals surface area contributed by atoms with Gasteiger partial charge in [0.2, 0.25) is 5.91 Å². The van der Waals surface area contributed by atoms with Gasteiger partial charge in [-0.1, -0.05) is 37.8 Å². The molecule has 2 fully saturated rings. The van der Waals surface area contributed by atoms with Gasteiger partial charge in [-0.05, 0) is 86.7 Å². The number of amides is 1. The topological polar surface area (TPSA) is 88.0 Å². The third kappa shape index (κ3) is 8.49. The van der Waals surface area contributed by atoms with Crippen molar-refractivity contribution in [2.45, 2.75) is 57.7 Å². The number of alkyl halides is 3. The minimum absolute atomic E-state index is 0. The van der Waals surface area contributed by atoms with Crippen LogP contribution in [-0.2, 0) is 11.0 Å². The molecule has 0 radical (unpaired) electrons. The van der Waals surface area contributed by atoms with Gasteiger partial charge in [-0.15, -0.1) is 0 Å². The van der Waals surface area contributed by atoms with E-state index in [1.807, 2.05) is 47.4 Å². The first kappa shape index (κ1) is 32.8. The van der Waals surface area contributed by atoms with Gasteiger partial charge < -0.3 is 19.9 Å². The highest BCUT2D eigenvalue weighted by Gasteiger charge is 2.38. The lowest BCUT2D eigenvalue weighted by molar-refractivity contribution is -0.388. The average molecular weight is 613 g/mol. The standard InChI is InChI=1S/C32H35F3N4O4.CH4/c33-32(34,35)29-22-26(8-11-30(29)39(41)42)36-25-14-20-38(21-15-25)31(40)16-19-37-17-12-24(13-18-37)23-6-9-28(10-7-23)43-27-4-2-1-3-5-27;/h1-11,22,24-25,36H,12-21H2;1H4. The predicted molar refractivity (Wildman–Crippen MR) is 164 cm³/mol. The molecule has 8 nitrogen and oxygen atoms in total. The highest BCUT2D eigenvalue weighted by molar-refractivity contribution is 5.76. The number of carbonyl (C=O) groups excluding carboxylic acids is 1. The fourth-order valence-electron chi connectivity index (χ4n) is 5.86. The van der Waals surface area contributed by atoms with Gasteiger partial charge in [-0.3, -0.25) is 14.9 Å². The minimum atomic E-state index is -4.82. The number of piperidine rings is 2. The maximum Gasteiger partial charge on any atom is 0.423 e. The zero-order valence-corrected chi connectivity index (χ0v) is 23.8. The van der Waals surface area contributed by atoms with Crippen molar-refractivity contribution in [1.82, 2.24) is 9.80 Å². The van der Waals surface area contributed by atoms with E-state index < -0.39 is 22.4 Å². The van der Waals surface area contributed by atoms with Crippen molar-refractivity contribution in [3.8, 4) is 11.5 Å². The van der Waals surface area contributed by atoms with Gasteiger partial charge >= 0.3 is 6.18 Å². The van der Waals surface area contributed by atoms with Crippen molar-refractivity contribution >= 4 is 17.3 Å². The summed E-state index contributed by atoms with van der Waals surface area (Å²) in [5, 5.41) is 14.1. The Bertz CT molecular complexity index is 1390. The third-order valence-electron chi connectivity index (χ3n) is 8.28. The van der Waals surface area contributed by atoms with Gasteiger partial charge in [0, 0.05) is 43.9 Å². The molecule has 0 atom stereocenters. The summed E-state index contributed by atoms with van der Waals surface area (Å²) in [7, 11) is 0. The number of nitro groups is 1. The molecular formula is C33H39F3N4O4. The second-order valence-electron chi connectivity index (χ2n) is 11.1. The van der Waals surface area contributed by atoms with E-state index in [2.05, 4.69) is 22.3 Å². The van der Waals surface area contributed by atoms with E-state index in [0.717, 1.165) is 49.6 Å². The largest absolute Gasteiger partial charge is 0.457 e. The van der Waals surface area contributed by atoms with Crippen LogP contribution in [0.15, 0.2) is 72.8 Å². The number of carbonyl (C=O) groups is 1. The van der Waals surface area contributed by atoms with Crippen LogP contribution in [0.3, 0.4) is 0 Å². The van der Waals surface area contributed by atoms with Crippen LogP contribution in [0.4, 0.5) is 24.5 Å². The van der Waals surface area contributed by atoms with Crippen LogP contribution < -0.4 is 10.1 Å². The van der Waals surface area contributed by atoms with Gasteiger partial charge in [0.05, 0.1) is 4.92 Å². The molecule has 0 bridgehead atoms. The summed E-state index contributed by atoms with van der Waals surface area (Å²) in [6.07, 6.45) is -1.15. The van der Waals surface area contributed by atoms with Crippen LogP contribution in [-0.4, -0.2) is 59.4 Å². The van der Waals surface area contributed by atoms with Gasteiger partial charge in [0.15, 0.2) is 0 Å². The fraction of sp³-hybridized carbons (Fsp3) is 0.424. The fourth-order valence-corrected chi connectivity index (χ4v) is 5.86. The monoisotopic (exact) mass is 612 g/mol. The Kier molecular flexibility index (Phi) is 10.9. The zero-order valence-electron chi connectivity index (χ0n) is 23.8. The molecule has 0 spiro atoms. The smallest absolute Gasteiger partial charge is 0.423 e. The number of para-hydroxylation sites is 1. The van der Waals surface area contributed by atoms with E-state index in [4.69, 9.17) is 4.74 Å². The van der Waals surface area contributed by atoms with E-state index in [1.54, 1.807) is 0 Å². The van der Waals surface area contributed by atoms with Crippen LogP contribution in [0, 0.1) is 10.1 Å². The van der Waals surface area contributed by atoms with Gasteiger partial charge in [-0.2, -0.15) is 13.2 Å². The molecule has 0 saturated carbocycles. The van der Waals surface area contributed by atoms with Crippen molar-refractivity contribution in [3.05, 3.63) is 94.0 Å². The summed E-state index contributed by atoms with van der Waals surface area (Å²) in [5.74, 6) is 2.19. The Balaban J connectivity index is 0.00000442. The predicted octanol–water partition coefficient (Wildman–Crippen LogP) is 7.71. The molecule has 11 heteroatoms. The van der Waals surface area contributed by atoms with Crippen molar-refractivity contribution in [1.29, 1.82) is 0 Å². The first-order chi connectivity index (χ1) is 20.7. The molecule has 2 aliphatic heterocycles. The molecule has 0 aliphatic carbocycles. The number of rotatable bonds is 9. The number of hydrogen-bond acceptors (Lipinski definition) is 6. The molecule has 3 aromatic rings. The Morgan fingerprint density at radius 1 is 0.909 bits per heavy atom. The third-order valence-corrected chi connectivity index (χ3v) is 8.28. The zero-order chi connectivity index (χ0) is 30.4. The molecule has 0 aromatic heterocycles. The number of ether oxygens (including phenoxy) is 1. The number of hydrogen-bond donors (Lipinski definition) is 1. The molecule has 2 heterocycles. The number of halogens is 3. The van der Waals surface area contributed by atoms with Gasteiger partial charge in [-0.25, -0.2) is 0 Å². The lowest BCUT2D eigenvalue weighted by atomic mass is 9.89. The van der Waals surface area contributed by atoms with Gasteiger partial charge in [0.1, 0.15) is 17.1 Å². The maximum atomic E-state index is 13.3. The molecule has 236 valence electrons. The average Bonchev–Trinajstić information content (AvgIpc) is 3.01. The first-order valence-electron chi connectivity index (χ1n) is 14.6. The SMILES string of the molecule is C.O=C(CCN1CCC(c2ccc(Oc3ccccc3)cc2)CC1)N1CCC(Nc2ccc([N+](=O)[O-])c(C(F)(F)F)c2)CC1. The lowest BCUT2D eigenvalue weighted by Crippen LogP contribution is -2.43. The molecular weight excluding hydrogens is 573 g/mol. The normalized spacial score (nSPS) is 16.7. The first-order valence-corrected chi connectivity index (χ1v) is 14.6. The quantitative estimate of drug-likeness (QED) is 0.197. The van der Waals surface area contributed by atoms with Crippen molar-refractivity contribution in [2.24, 2.45) is 0 Å². The summed E-state index contributed by atoms with van der Waals surface area (Å²) < 4.78 is 45.8. The van der Waals surface area contributed by atoms with Crippen LogP contribution in [0.1, 0.15) is 56.6 Å². The molecule has 44 heavy (non-hydrogen) atoms. The van der Waals surface area contributed by atoms with E-state index in [1.165, 1.54) is 11.6 Å². The Morgan fingerprint density at radius 2 is 1.55 bits per heavy atom. The number of nitro benzene ring substituents is 1. The van der Waals surface area contributed by atoms with Crippen molar-refractivity contribution in [2.75, 3.05) is 38.0 Å². The van der Waals surface area contributed by atoms with E-state index in [0.29, 0.717) is 44.8 Å². The van der Waals surface area contributed by atoms with Crippen molar-refractivity contribution < 1.29 is 27.6 Å². The Labute approximate surface area is 256 Å². The second-order valence-corrected chi connectivity index (χ2v) is 11.1. The molecule has 0 unspecified atom stereocenters.